The van der Waals surface area contributed by atoms with Gasteiger partial charge in [-0.2, -0.15) is 5.10 Å². The van der Waals surface area contributed by atoms with Crippen molar-refractivity contribution in [3.63, 3.8) is 0 Å². The van der Waals surface area contributed by atoms with Crippen LogP contribution in [0.5, 0.6) is 0 Å². The van der Waals surface area contributed by atoms with Crippen LogP contribution in [0.2, 0.25) is 0 Å². The van der Waals surface area contributed by atoms with E-state index in [0.717, 1.165) is 17.1 Å². The molecule has 1 aromatic rings. The Balaban J connectivity index is 2.84. The van der Waals surface area contributed by atoms with Gasteiger partial charge in [-0.25, -0.2) is 0 Å². The van der Waals surface area contributed by atoms with Gasteiger partial charge in [0, 0.05) is 19.7 Å². The summed E-state index contributed by atoms with van der Waals surface area (Å²) >= 11 is 0. The molecule has 4 heteroatoms. The molecule has 0 spiro atoms. The fraction of sp³-hybridized carbons (Fsp3) is 0.727. The summed E-state index contributed by atoms with van der Waals surface area (Å²) in [6.45, 7) is 8.76. The monoisotopic (exact) mass is 211 g/mol. The number of rotatable bonds is 3. The van der Waals surface area contributed by atoms with Crippen molar-refractivity contribution in [3.05, 3.63) is 11.3 Å². The van der Waals surface area contributed by atoms with Gasteiger partial charge in [0.2, 0.25) is 0 Å². The minimum Gasteiger partial charge on any atom is -0.373 e. The summed E-state index contributed by atoms with van der Waals surface area (Å²) in [6, 6.07) is 0. The fourth-order valence-electron chi connectivity index (χ4n) is 1.48. The van der Waals surface area contributed by atoms with Gasteiger partial charge in [-0.05, 0) is 27.7 Å². The second-order valence-electron chi connectivity index (χ2n) is 4.69. The first kappa shape index (κ1) is 12.0. The average Bonchev–Trinajstić information content (AvgIpc) is 2.35. The molecule has 0 radical (unpaired) electrons. The van der Waals surface area contributed by atoms with E-state index in [4.69, 9.17) is 4.74 Å². The largest absolute Gasteiger partial charge is 0.373 e. The van der Waals surface area contributed by atoms with Gasteiger partial charge in [0.15, 0.2) is 0 Å². The van der Waals surface area contributed by atoms with Crippen LogP contribution >= 0.6 is 0 Å². The van der Waals surface area contributed by atoms with E-state index < -0.39 is 0 Å². The highest BCUT2D eigenvalue weighted by molar-refractivity contribution is 5.46. The second-order valence-corrected chi connectivity index (χ2v) is 4.69. The summed E-state index contributed by atoms with van der Waals surface area (Å²) in [5.41, 5.74) is 2.04. The molecule has 15 heavy (non-hydrogen) atoms. The Kier molecular flexibility index (Phi) is 3.39. The second kappa shape index (κ2) is 4.23. The minimum atomic E-state index is -0.118. The van der Waals surface area contributed by atoms with E-state index in [9.17, 15) is 0 Å². The smallest absolute Gasteiger partial charge is 0.129 e. The van der Waals surface area contributed by atoms with E-state index >= 15 is 0 Å². The van der Waals surface area contributed by atoms with Crippen molar-refractivity contribution in [2.24, 2.45) is 7.05 Å². The lowest BCUT2D eigenvalue weighted by Crippen LogP contribution is -2.19. The predicted octanol–water partition coefficient (Wildman–Crippen LogP) is 2.09. The van der Waals surface area contributed by atoms with Crippen LogP contribution in [0.3, 0.4) is 0 Å². The summed E-state index contributed by atoms with van der Waals surface area (Å²) in [6.07, 6.45) is 0. The number of hydrogen-bond acceptors (Lipinski definition) is 3. The van der Waals surface area contributed by atoms with Gasteiger partial charge in [-0.1, -0.05) is 0 Å². The zero-order chi connectivity index (χ0) is 11.6. The number of hydrogen-bond donors (Lipinski definition) is 1. The van der Waals surface area contributed by atoms with Crippen LogP contribution in [-0.2, 0) is 18.4 Å². The van der Waals surface area contributed by atoms with E-state index in [1.54, 1.807) is 0 Å². The van der Waals surface area contributed by atoms with Crippen LogP contribution in [0, 0.1) is 6.92 Å². The van der Waals surface area contributed by atoms with Gasteiger partial charge in [-0.15, -0.1) is 0 Å². The lowest BCUT2D eigenvalue weighted by molar-refractivity contribution is -0.0149. The highest BCUT2D eigenvalue weighted by Crippen LogP contribution is 2.21. The molecule has 0 aliphatic heterocycles. The van der Waals surface area contributed by atoms with E-state index in [1.807, 2.05) is 25.7 Å². The van der Waals surface area contributed by atoms with Gasteiger partial charge >= 0.3 is 0 Å². The van der Waals surface area contributed by atoms with Gasteiger partial charge in [0.1, 0.15) is 5.82 Å². The Morgan fingerprint density at radius 3 is 2.47 bits per heavy atom. The highest BCUT2D eigenvalue weighted by atomic mass is 16.5. The summed E-state index contributed by atoms with van der Waals surface area (Å²) in [5, 5.41) is 7.50. The maximum absolute atomic E-state index is 5.76. The highest BCUT2D eigenvalue weighted by Gasteiger charge is 2.16. The molecule has 0 saturated heterocycles. The molecule has 0 amide bonds. The van der Waals surface area contributed by atoms with Crippen LogP contribution in [-0.4, -0.2) is 22.4 Å². The first-order valence-electron chi connectivity index (χ1n) is 5.19. The lowest BCUT2D eigenvalue weighted by atomic mass is 10.2. The minimum absolute atomic E-state index is 0.118. The molecular formula is C11H21N3O. The summed E-state index contributed by atoms with van der Waals surface area (Å²) in [4.78, 5) is 0. The van der Waals surface area contributed by atoms with E-state index in [0.29, 0.717) is 6.61 Å². The van der Waals surface area contributed by atoms with Crippen molar-refractivity contribution in [1.82, 2.24) is 9.78 Å². The van der Waals surface area contributed by atoms with Crippen LogP contribution in [0.4, 0.5) is 5.82 Å². The molecule has 1 aromatic heterocycles. The van der Waals surface area contributed by atoms with Crippen molar-refractivity contribution in [1.29, 1.82) is 0 Å². The van der Waals surface area contributed by atoms with Crippen LogP contribution in [0.25, 0.3) is 0 Å². The molecule has 0 unspecified atom stereocenters. The molecule has 0 aromatic carbocycles. The molecule has 86 valence electrons. The number of aromatic nitrogens is 2. The Morgan fingerprint density at radius 1 is 1.40 bits per heavy atom. The summed E-state index contributed by atoms with van der Waals surface area (Å²) in [7, 11) is 3.83. The number of ether oxygens (including phenoxy) is 1. The van der Waals surface area contributed by atoms with Crippen molar-refractivity contribution in [2.45, 2.75) is 39.9 Å². The van der Waals surface area contributed by atoms with Crippen molar-refractivity contribution >= 4 is 5.82 Å². The Bertz CT molecular complexity index is 336. The summed E-state index contributed by atoms with van der Waals surface area (Å²) in [5.74, 6) is 1.02. The van der Waals surface area contributed by atoms with Crippen LogP contribution in [0.15, 0.2) is 0 Å². The quantitative estimate of drug-likeness (QED) is 0.832. The summed E-state index contributed by atoms with van der Waals surface area (Å²) < 4.78 is 7.60. The Hall–Kier alpha value is -1.03. The molecule has 0 atom stereocenters. The third kappa shape index (κ3) is 2.96. The maximum atomic E-state index is 5.76. The molecule has 1 heterocycles. The third-order valence-electron chi connectivity index (χ3n) is 2.23. The fourth-order valence-corrected chi connectivity index (χ4v) is 1.48. The van der Waals surface area contributed by atoms with Gasteiger partial charge in [0.05, 0.1) is 17.9 Å². The van der Waals surface area contributed by atoms with Crippen molar-refractivity contribution in [2.75, 3.05) is 12.4 Å². The molecule has 0 aliphatic carbocycles. The van der Waals surface area contributed by atoms with Crippen molar-refractivity contribution in [3.8, 4) is 0 Å². The first-order valence-corrected chi connectivity index (χ1v) is 5.19. The molecule has 4 nitrogen and oxygen atoms in total. The Morgan fingerprint density at radius 2 is 2.00 bits per heavy atom. The molecule has 1 rings (SSSR count). The average molecular weight is 211 g/mol. The van der Waals surface area contributed by atoms with E-state index in [2.05, 4.69) is 31.2 Å². The van der Waals surface area contributed by atoms with E-state index in [1.165, 1.54) is 0 Å². The number of nitrogens with zero attached hydrogens (tertiary/aromatic N) is 2. The molecular weight excluding hydrogens is 190 g/mol. The standard InChI is InChI=1S/C11H21N3O/c1-8-9(7-15-11(2,3)4)10(12-5)14(6)13-8/h12H,7H2,1-6H3. The number of aryl methyl sites for hydroxylation is 2. The number of anilines is 1. The predicted molar refractivity (Wildman–Crippen MR) is 62.0 cm³/mol. The van der Waals surface area contributed by atoms with Crippen LogP contribution in [0.1, 0.15) is 32.0 Å². The van der Waals surface area contributed by atoms with Crippen LogP contribution < -0.4 is 5.32 Å². The van der Waals surface area contributed by atoms with E-state index in [-0.39, 0.29) is 5.60 Å². The molecule has 0 saturated carbocycles. The van der Waals surface area contributed by atoms with Gasteiger partial charge in [-0.3, -0.25) is 4.68 Å². The lowest BCUT2D eigenvalue weighted by Gasteiger charge is -2.19. The topological polar surface area (TPSA) is 39.1 Å². The Labute approximate surface area is 91.6 Å². The van der Waals surface area contributed by atoms with Gasteiger partial charge < -0.3 is 10.1 Å². The third-order valence-corrected chi connectivity index (χ3v) is 2.23. The molecule has 0 fully saturated rings. The first-order chi connectivity index (χ1) is 6.85. The van der Waals surface area contributed by atoms with Crippen molar-refractivity contribution < 1.29 is 4.74 Å². The SMILES string of the molecule is CNc1c(COC(C)(C)C)c(C)nn1C. The molecule has 1 N–H and O–H groups in total. The zero-order valence-electron chi connectivity index (χ0n) is 10.5. The molecule has 0 bridgehead atoms. The molecule has 0 aliphatic rings. The maximum Gasteiger partial charge on any atom is 0.129 e. The number of nitrogens with one attached hydrogen (secondary N) is 1. The normalized spacial score (nSPS) is 11.9. The van der Waals surface area contributed by atoms with Gasteiger partial charge in [0.25, 0.3) is 0 Å². The zero-order valence-corrected chi connectivity index (χ0v) is 10.5.